The van der Waals surface area contributed by atoms with Crippen molar-refractivity contribution < 1.29 is 14.6 Å². The van der Waals surface area contributed by atoms with E-state index < -0.39 is 12.1 Å². The van der Waals surface area contributed by atoms with Crippen LogP contribution < -0.4 is 0 Å². The largest absolute Gasteiger partial charge is 0.508 e. The fourth-order valence-corrected chi connectivity index (χ4v) is 0.996. The molecule has 0 aliphatic heterocycles. The van der Waals surface area contributed by atoms with Crippen molar-refractivity contribution in [3.63, 3.8) is 0 Å². The Kier molecular flexibility index (Phi) is 3.69. The zero-order valence-corrected chi connectivity index (χ0v) is 8.30. The van der Waals surface area contributed by atoms with Crippen molar-refractivity contribution in [1.29, 1.82) is 5.26 Å². The van der Waals surface area contributed by atoms with Crippen molar-refractivity contribution in [3.05, 3.63) is 29.8 Å². The van der Waals surface area contributed by atoms with Gasteiger partial charge in [-0.05, 0) is 30.7 Å². The second-order valence-corrected chi connectivity index (χ2v) is 2.98. The Bertz CT molecular complexity index is 378. The number of ether oxygens (including phenoxy) is 1. The van der Waals surface area contributed by atoms with Crippen molar-refractivity contribution in [2.24, 2.45) is 0 Å². The first-order chi connectivity index (χ1) is 7.17. The Labute approximate surface area is 87.7 Å². The number of carbonyl (C=O) groups excluding carboxylic acids is 1. The van der Waals surface area contributed by atoms with Gasteiger partial charge in [-0.25, -0.2) is 4.79 Å². The molecule has 0 saturated carbocycles. The van der Waals surface area contributed by atoms with Crippen LogP contribution in [0.2, 0.25) is 0 Å². The van der Waals surface area contributed by atoms with Crippen molar-refractivity contribution in [3.8, 4) is 11.8 Å². The van der Waals surface area contributed by atoms with E-state index in [0.717, 1.165) is 0 Å². The number of rotatable bonds is 3. The molecule has 1 atom stereocenters. The van der Waals surface area contributed by atoms with Gasteiger partial charge in [0.05, 0.1) is 5.56 Å². The highest BCUT2D eigenvalue weighted by Crippen LogP contribution is 2.11. The molecule has 0 heterocycles. The molecule has 78 valence electrons. The number of phenolic OH excluding ortho intramolecular Hbond substituents is 1. The van der Waals surface area contributed by atoms with E-state index >= 15 is 0 Å². The van der Waals surface area contributed by atoms with Gasteiger partial charge in [-0.2, -0.15) is 5.26 Å². The molecule has 0 fully saturated rings. The molecule has 0 aliphatic carbocycles. The first kappa shape index (κ1) is 11.1. The lowest BCUT2D eigenvalue weighted by Gasteiger charge is -2.08. The first-order valence-corrected chi connectivity index (χ1v) is 4.57. The Morgan fingerprint density at radius 2 is 2.13 bits per heavy atom. The summed E-state index contributed by atoms with van der Waals surface area (Å²) < 4.78 is 4.89. The highest BCUT2D eigenvalue weighted by molar-refractivity contribution is 5.89. The predicted molar refractivity (Wildman–Crippen MR) is 53.2 cm³/mol. The molecule has 1 aromatic carbocycles. The zero-order chi connectivity index (χ0) is 11.3. The highest BCUT2D eigenvalue weighted by Gasteiger charge is 2.13. The van der Waals surface area contributed by atoms with Crippen LogP contribution in [0, 0.1) is 11.3 Å². The summed E-state index contributed by atoms with van der Waals surface area (Å²) in [6.07, 6.45) is -0.258. The maximum Gasteiger partial charge on any atom is 0.339 e. The SMILES string of the molecule is CCC(C#N)OC(=O)c1ccc(O)cc1. The van der Waals surface area contributed by atoms with Crippen LogP contribution in [0.3, 0.4) is 0 Å². The van der Waals surface area contributed by atoms with Crippen LogP contribution in [0.1, 0.15) is 23.7 Å². The topological polar surface area (TPSA) is 70.3 Å². The van der Waals surface area contributed by atoms with Gasteiger partial charge in [0.2, 0.25) is 0 Å². The van der Waals surface area contributed by atoms with E-state index in [0.29, 0.717) is 12.0 Å². The summed E-state index contributed by atoms with van der Waals surface area (Å²) in [4.78, 5) is 11.4. The summed E-state index contributed by atoms with van der Waals surface area (Å²) in [6.45, 7) is 1.76. The normalized spacial score (nSPS) is 11.5. The number of phenols is 1. The summed E-state index contributed by atoms with van der Waals surface area (Å²) in [5.74, 6) is -0.470. The molecule has 15 heavy (non-hydrogen) atoms. The Morgan fingerprint density at radius 1 is 1.53 bits per heavy atom. The summed E-state index contributed by atoms with van der Waals surface area (Å²) in [5, 5.41) is 17.6. The van der Waals surface area contributed by atoms with Crippen LogP contribution >= 0.6 is 0 Å². The number of aromatic hydroxyl groups is 1. The maximum atomic E-state index is 11.4. The smallest absolute Gasteiger partial charge is 0.339 e. The molecule has 0 saturated heterocycles. The van der Waals surface area contributed by atoms with E-state index in [1.54, 1.807) is 6.92 Å². The van der Waals surface area contributed by atoms with Crippen LogP contribution in [0.15, 0.2) is 24.3 Å². The lowest BCUT2D eigenvalue weighted by Crippen LogP contribution is -2.15. The third kappa shape index (κ3) is 2.99. The van der Waals surface area contributed by atoms with Gasteiger partial charge in [0.15, 0.2) is 6.10 Å². The molecular weight excluding hydrogens is 194 g/mol. The summed E-state index contributed by atoms with van der Waals surface area (Å²) in [5.41, 5.74) is 0.321. The number of benzene rings is 1. The first-order valence-electron chi connectivity index (χ1n) is 4.57. The third-order valence-corrected chi connectivity index (χ3v) is 1.87. The Hall–Kier alpha value is -2.02. The highest BCUT2D eigenvalue weighted by atomic mass is 16.5. The zero-order valence-electron chi connectivity index (χ0n) is 8.30. The molecule has 0 spiro atoms. The van der Waals surface area contributed by atoms with Gasteiger partial charge in [-0.3, -0.25) is 0 Å². The average molecular weight is 205 g/mol. The van der Waals surface area contributed by atoms with Crippen LogP contribution in [-0.4, -0.2) is 17.2 Å². The fourth-order valence-electron chi connectivity index (χ4n) is 0.996. The number of nitriles is 1. The minimum Gasteiger partial charge on any atom is -0.508 e. The van der Waals surface area contributed by atoms with E-state index in [-0.39, 0.29) is 5.75 Å². The van der Waals surface area contributed by atoms with E-state index in [1.165, 1.54) is 24.3 Å². The van der Waals surface area contributed by atoms with Gasteiger partial charge < -0.3 is 9.84 Å². The van der Waals surface area contributed by atoms with E-state index in [1.807, 2.05) is 6.07 Å². The third-order valence-electron chi connectivity index (χ3n) is 1.87. The quantitative estimate of drug-likeness (QED) is 0.764. The molecule has 0 radical (unpaired) electrons. The molecule has 1 aromatic rings. The molecule has 4 heteroatoms. The van der Waals surface area contributed by atoms with Crippen molar-refractivity contribution in [1.82, 2.24) is 0 Å². The molecule has 1 N–H and O–H groups in total. The van der Waals surface area contributed by atoms with E-state index in [2.05, 4.69) is 0 Å². The fraction of sp³-hybridized carbons (Fsp3) is 0.273. The van der Waals surface area contributed by atoms with Crippen LogP contribution in [0.4, 0.5) is 0 Å². The summed E-state index contributed by atoms with van der Waals surface area (Å²) in [7, 11) is 0. The van der Waals surface area contributed by atoms with E-state index in [4.69, 9.17) is 15.1 Å². The monoisotopic (exact) mass is 205 g/mol. The van der Waals surface area contributed by atoms with E-state index in [9.17, 15) is 4.79 Å². The number of hydrogen-bond acceptors (Lipinski definition) is 4. The van der Waals surface area contributed by atoms with Crippen LogP contribution in [-0.2, 0) is 4.74 Å². The predicted octanol–water partition coefficient (Wildman–Crippen LogP) is 1.85. The van der Waals surface area contributed by atoms with Crippen LogP contribution in [0.25, 0.3) is 0 Å². The number of hydrogen-bond donors (Lipinski definition) is 1. The second-order valence-electron chi connectivity index (χ2n) is 2.98. The molecule has 1 unspecified atom stereocenters. The molecule has 0 aliphatic rings. The lowest BCUT2D eigenvalue weighted by atomic mass is 10.2. The maximum absolute atomic E-state index is 11.4. The molecule has 0 amide bonds. The standard InChI is InChI=1S/C11H11NO3/c1-2-10(7-12)15-11(14)8-3-5-9(13)6-4-8/h3-6,10,13H,2H2,1H3. The minimum atomic E-state index is -0.716. The summed E-state index contributed by atoms with van der Waals surface area (Å²) >= 11 is 0. The van der Waals surface area contributed by atoms with Crippen LogP contribution in [0.5, 0.6) is 5.75 Å². The van der Waals surface area contributed by atoms with Gasteiger partial charge in [-0.15, -0.1) is 0 Å². The van der Waals surface area contributed by atoms with Gasteiger partial charge >= 0.3 is 5.97 Å². The number of nitrogens with zero attached hydrogens (tertiary/aromatic N) is 1. The molecule has 0 aromatic heterocycles. The Balaban J connectivity index is 2.70. The lowest BCUT2D eigenvalue weighted by molar-refractivity contribution is 0.0401. The Morgan fingerprint density at radius 3 is 2.60 bits per heavy atom. The van der Waals surface area contributed by atoms with Gasteiger partial charge in [-0.1, -0.05) is 6.92 Å². The van der Waals surface area contributed by atoms with Gasteiger partial charge in [0.1, 0.15) is 11.8 Å². The number of carbonyl (C=O) groups is 1. The van der Waals surface area contributed by atoms with Gasteiger partial charge in [0, 0.05) is 0 Å². The minimum absolute atomic E-state index is 0.0823. The molecule has 0 bridgehead atoms. The van der Waals surface area contributed by atoms with Crippen molar-refractivity contribution in [2.75, 3.05) is 0 Å². The summed E-state index contributed by atoms with van der Waals surface area (Å²) in [6, 6.07) is 7.55. The second kappa shape index (κ2) is 5.01. The average Bonchev–Trinajstić information content (AvgIpc) is 2.26. The molecule has 1 rings (SSSR count). The van der Waals surface area contributed by atoms with Crippen molar-refractivity contribution >= 4 is 5.97 Å². The number of esters is 1. The molecular formula is C11H11NO3. The molecule has 4 nitrogen and oxygen atoms in total. The van der Waals surface area contributed by atoms with Gasteiger partial charge in [0.25, 0.3) is 0 Å². The van der Waals surface area contributed by atoms with Crippen molar-refractivity contribution in [2.45, 2.75) is 19.4 Å².